The molecule has 3 heterocycles. The molecule has 0 saturated carbocycles. The van der Waals surface area contributed by atoms with Crippen LogP contribution in [-0.4, -0.2) is 55.3 Å². The minimum atomic E-state index is -0.699. The van der Waals surface area contributed by atoms with Gasteiger partial charge in [-0.2, -0.15) is 15.1 Å². The third kappa shape index (κ3) is 4.82. The fourth-order valence-electron chi connectivity index (χ4n) is 3.20. The van der Waals surface area contributed by atoms with E-state index in [-0.39, 0.29) is 19.1 Å². The second-order valence-electron chi connectivity index (χ2n) is 6.94. The third-order valence-electron chi connectivity index (χ3n) is 4.73. The van der Waals surface area contributed by atoms with Gasteiger partial charge in [0, 0.05) is 12.5 Å². The van der Waals surface area contributed by atoms with Gasteiger partial charge in [-0.3, -0.25) is 10.00 Å². The molecule has 33 heavy (non-hydrogen) atoms. The Morgan fingerprint density at radius 1 is 1.24 bits per heavy atom. The summed E-state index contributed by atoms with van der Waals surface area (Å²) in [5.74, 6) is 1.94. The standard InChI is InChI=1S/C20H22N8O5/c1-11-23-16(27-33-11)8-21-18-17-14(24-19(25-18)26-20(30)32-3)7-22-28(17)9-13-5-4-12(10-29)6-15(13)31-2/h4-7,29H,8-10H2,1-3H3,(H2,21,24,25,26,30). The van der Waals surface area contributed by atoms with E-state index in [1.54, 1.807) is 31.0 Å². The Balaban J connectivity index is 1.72. The van der Waals surface area contributed by atoms with Crippen molar-refractivity contribution in [3.8, 4) is 5.75 Å². The van der Waals surface area contributed by atoms with Gasteiger partial charge in [-0.25, -0.2) is 9.78 Å². The number of nitrogens with zero attached hydrogens (tertiary/aromatic N) is 6. The van der Waals surface area contributed by atoms with Crippen molar-refractivity contribution in [1.82, 2.24) is 29.9 Å². The minimum Gasteiger partial charge on any atom is -0.496 e. The molecule has 1 amide bonds. The third-order valence-corrected chi connectivity index (χ3v) is 4.73. The molecule has 13 nitrogen and oxygen atoms in total. The number of anilines is 2. The van der Waals surface area contributed by atoms with E-state index in [9.17, 15) is 9.90 Å². The molecule has 0 bridgehead atoms. The Bertz CT molecular complexity index is 1280. The number of methoxy groups -OCH3 is 2. The zero-order chi connectivity index (χ0) is 23.4. The summed E-state index contributed by atoms with van der Waals surface area (Å²) in [4.78, 5) is 24.6. The molecule has 3 aromatic heterocycles. The molecule has 0 spiro atoms. The summed E-state index contributed by atoms with van der Waals surface area (Å²) in [6, 6.07) is 5.45. The van der Waals surface area contributed by atoms with E-state index in [1.807, 2.05) is 12.1 Å². The predicted octanol–water partition coefficient (Wildman–Crippen LogP) is 1.86. The molecule has 0 saturated heterocycles. The summed E-state index contributed by atoms with van der Waals surface area (Å²) in [5.41, 5.74) is 2.67. The van der Waals surface area contributed by atoms with Crippen molar-refractivity contribution in [1.29, 1.82) is 0 Å². The lowest BCUT2D eigenvalue weighted by Crippen LogP contribution is -2.15. The van der Waals surface area contributed by atoms with E-state index in [2.05, 4.69) is 40.6 Å². The van der Waals surface area contributed by atoms with Crippen LogP contribution in [0.4, 0.5) is 16.6 Å². The molecule has 0 fully saturated rings. The lowest BCUT2D eigenvalue weighted by Gasteiger charge is -2.13. The van der Waals surface area contributed by atoms with Gasteiger partial charge in [0.2, 0.25) is 11.8 Å². The van der Waals surface area contributed by atoms with Gasteiger partial charge in [-0.05, 0) is 11.6 Å². The summed E-state index contributed by atoms with van der Waals surface area (Å²) < 4.78 is 16.8. The Hall–Kier alpha value is -4.26. The van der Waals surface area contributed by atoms with Gasteiger partial charge in [-0.15, -0.1) is 0 Å². The quantitative estimate of drug-likeness (QED) is 0.356. The smallest absolute Gasteiger partial charge is 0.413 e. The summed E-state index contributed by atoms with van der Waals surface area (Å²) in [6.45, 7) is 2.18. The zero-order valence-corrected chi connectivity index (χ0v) is 18.2. The fourth-order valence-corrected chi connectivity index (χ4v) is 3.20. The molecule has 172 valence electrons. The number of benzene rings is 1. The number of aliphatic hydroxyl groups is 1. The molecule has 3 N–H and O–H groups in total. The number of hydrogen-bond donors (Lipinski definition) is 3. The van der Waals surface area contributed by atoms with Crippen LogP contribution < -0.4 is 15.4 Å². The average Bonchev–Trinajstić information content (AvgIpc) is 3.43. The van der Waals surface area contributed by atoms with Gasteiger partial charge in [0.15, 0.2) is 11.6 Å². The largest absolute Gasteiger partial charge is 0.496 e. The molecule has 4 rings (SSSR count). The monoisotopic (exact) mass is 454 g/mol. The highest BCUT2D eigenvalue weighted by molar-refractivity contribution is 5.89. The molecular formula is C20H22N8O5. The number of rotatable bonds is 8. The van der Waals surface area contributed by atoms with Crippen LogP contribution in [-0.2, 0) is 24.4 Å². The first-order valence-corrected chi connectivity index (χ1v) is 9.89. The maximum atomic E-state index is 11.7. The summed E-state index contributed by atoms with van der Waals surface area (Å²) >= 11 is 0. The number of hydrogen-bond acceptors (Lipinski definition) is 11. The molecule has 0 aliphatic carbocycles. The van der Waals surface area contributed by atoms with Crippen LogP contribution >= 0.6 is 0 Å². The molecule has 0 aliphatic rings. The van der Waals surface area contributed by atoms with E-state index in [4.69, 9.17) is 9.26 Å². The van der Waals surface area contributed by atoms with Crippen LogP contribution in [0.3, 0.4) is 0 Å². The van der Waals surface area contributed by atoms with Crippen molar-refractivity contribution in [3.05, 3.63) is 47.2 Å². The van der Waals surface area contributed by atoms with Gasteiger partial charge in [-0.1, -0.05) is 17.3 Å². The van der Waals surface area contributed by atoms with Crippen LogP contribution in [0, 0.1) is 6.92 Å². The average molecular weight is 454 g/mol. The summed E-state index contributed by atoms with van der Waals surface area (Å²) in [7, 11) is 2.81. The molecule has 13 heteroatoms. The second-order valence-corrected chi connectivity index (χ2v) is 6.94. The Kier molecular flexibility index (Phi) is 6.31. The number of ether oxygens (including phenoxy) is 2. The SMILES string of the molecule is COC(=O)Nc1nc(NCc2noc(C)n2)c2c(cnn2Cc2ccc(CO)cc2OC)n1. The Labute approximate surface area is 187 Å². The first kappa shape index (κ1) is 22.0. The molecule has 0 atom stereocenters. The molecule has 1 aromatic carbocycles. The molecular weight excluding hydrogens is 432 g/mol. The van der Waals surface area contributed by atoms with Crippen LogP contribution in [0.1, 0.15) is 22.8 Å². The van der Waals surface area contributed by atoms with E-state index in [1.165, 1.54) is 7.11 Å². The second kappa shape index (κ2) is 9.48. The lowest BCUT2D eigenvalue weighted by molar-refractivity contribution is 0.186. The summed E-state index contributed by atoms with van der Waals surface area (Å²) in [6.07, 6.45) is 0.868. The highest BCUT2D eigenvalue weighted by Crippen LogP contribution is 2.26. The van der Waals surface area contributed by atoms with Crippen molar-refractivity contribution in [2.45, 2.75) is 26.6 Å². The molecule has 4 aromatic rings. The normalized spacial score (nSPS) is 10.9. The Morgan fingerprint density at radius 2 is 2.09 bits per heavy atom. The maximum absolute atomic E-state index is 11.7. The number of aryl methyl sites for hydroxylation is 1. The number of amides is 1. The minimum absolute atomic E-state index is 0.0468. The molecule has 0 aliphatic heterocycles. The number of nitrogens with one attached hydrogen (secondary N) is 2. The van der Waals surface area contributed by atoms with Crippen LogP contribution in [0.25, 0.3) is 11.0 Å². The first-order chi connectivity index (χ1) is 16.0. The van der Waals surface area contributed by atoms with Crippen LogP contribution in [0.5, 0.6) is 5.75 Å². The number of fused-ring (bicyclic) bond motifs is 1. The highest BCUT2D eigenvalue weighted by atomic mass is 16.5. The number of carbonyl (C=O) groups excluding carboxylic acids is 1. The number of carbonyl (C=O) groups is 1. The van der Waals surface area contributed by atoms with E-state index >= 15 is 0 Å². The summed E-state index contributed by atoms with van der Waals surface area (Å²) in [5, 5.41) is 23.3. The van der Waals surface area contributed by atoms with E-state index < -0.39 is 6.09 Å². The van der Waals surface area contributed by atoms with Gasteiger partial charge < -0.3 is 24.4 Å². The van der Waals surface area contributed by atoms with Crippen molar-refractivity contribution < 1.29 is 23.9 Å². The van der Waals surface area contributed by atoms with Gasteiger partial charge in [0.1, 0.15) is 16.8 Å². The Morgan fingerprint density at radius 3 is 2.79 bits per heavy atom. The predicted molar refractivity (Wildman–Crippen MR) is 116 cm³/mol. The molecule has 0 radical (unpaired) electrons. The zero-order valence-electron chi connectivity index (χ0n) is 18.2. The van der Waals surface area contributed by atoms with Gasteiger partial charge in [0.25, 0.3) is 0 Å². The topological polar surface area (TPSA) is 162 Å². The van der Waals surface area contributed by atoms with Crippen molar-refractivity contribution >= 4 is 28.9 Å². The van der Waals surface area contributed by atoms with Gasteiger partial charge in [0.05, 0.1) is 40.1 Å². The van der Waals surface area contributed by atoms with Crippen molar-refractivity contribution in [3.63, 3.8) is 0 Å². The fraction of sp³-hybridized carbons (Fsp3) is 0.300. The van der Waals surface area contributed by atoms with Crippen molar-refractivity contribution in [2.24, 2.45) is 0 Å². The van der Waals surface area contributed by atoms with Crippen LogP contribution in [0.2, 0.25) is 0 Å². The molecule has 0 unspecified atom stereocenters. The highest BCUT2D eigenvalue weighted by Gasteiger charge is 2.17. The van der Waals surface area contributed by atoms with Gasteiger partial charge >= 0.3 is 6.09 Å². The first-order valence-electron chi connectivity index (χ1n) is 9.89. The van der Waals surface area contributed by atoms with E-state index in [0.29, 0.717) is 40.9 Å². The van der Waals surface area contributed by atoms with E-state index in [0.717, 1.165) is 11.1 Å². The number of aromatic nitrogens is 6. The van der Waals surface area contributed by atoms with Crippen LogP contribution in [0.15, 0.2) is 28.9 Å². The lowest BCUT2D eigenvalue weighted by atomic mass is 10.1. The number of aliphatic hydroxyl groups excluding tert-OH is 1. The van der Waals surface area contributed by atoms with Crippen molar-refractivity contribution in [2.75, 3.05) is 24.9 Å². The maximum Gasteiger partial charge on any atom is 0.413 e.